The molecule has 0 aliphatic heterocycles. The number of Topliss-reactive ketones (excluding diaryl/α,β-unsaturated/α-hetero) is 1. The second kappa shape index (κ2) is 5.29. The van der Waals surface area contributed by atoms with Gasteiger partial charge in [-0.15, -0.1) is 0 Å². The number of nitrogens with zero attached hydrogens (tertiary/aromatic N) is 1. The summed E-state index contributed by atoms with van der Waals surface area (Å²) in [7, 11) is 0. The first-order valence-corrected chi connectivity index (χ1v) is 7.59. The molecule has 0 radical (unpaired) electrons. The molecule has 1 aromatic rings. The van der Waals surface area contributed by atoms with E-state index in [1.54, 1.807) is 0 Å². The van der Waals surface area contributed by atoms with E-state index in [0.717, 1.165) is 24.8 Å². The van der Waals surface area contributed by atoms with E-state index in [4.69, 9.17) is 0 Å². The van der Waals surface area contributed by atoms with Crippen LogP contribution >= 0.6 is 0 Å². The van der Waals surface area contributed by atoms with Crippen LogP contribution in [-0.2, 0) is 6.42 Å². The van der Waals surface area contributed by atoms with Crippen molar-refractivity contribution in [2.75, 3.05) is 0 Å². The fourth-order valence-electron chi connectivity index (χ4n) is 3.60. The Bertz CT molecular complexity index is 424. The second-order valence-corrected chi connectivity index (χ2v) is 5.86. The second-order valence-electron chi connectivity index (χ2n) is 5.86. The molecule has 2 aliphatic rings. The molecule has 0 bridgehead atoms. The van der Waals surface area contributed by atoms with Crippen molar-refractivity contribution in [3.63, 3.8) is 0 Å². The van der Waals surface area contributed by atoms with Gasteiger partial charge in [-0.2, -0.15) is 0 Å². The normalized spacial score (nSPS) is 22.3. The minimum Gasteiger partial charge on any atom is -0.348 e. The van der Waals surface area contributed by atoms with Gasteiger partial charge < -0.3 is 4.57 Å². The molecule has 1 heterocycles. The molecule has 18 heavy (non-hydrogen) atoms. The summed E-state index contributed by atoms with van der Waals surface area (Å²) in [5.41, 5.74) is 2.35. The lowest BCUT2D eigenvalue weighted by Crippen LogP contribution is -2.17. The highest BCUT2D eigenvalue weighted by molar-refractivity contribution is 5.98. The molecule has 0 saturated heterocycles. The number of rotatable bonds is 1. The van der Waals surface area contributed by atoms with Crippen LogP contribution < -0.4 is 0 Å². The standard InChI is InChI=1S/C16H23NO/c18-16-10-6-9-15-14(16)11-12-17(15)13-7-4-2-1-3-5-8-13/h11-13H,1-10H2. The maximum atomic E-state index is 11.9. The molecule has 0 unspecified atom stereocenters. The first-order chi connectivity index (χ1) is 8.86. The molecule has 0 spiro atoms. The average Bonchev–Trinajstić information content (AvgIpc) is 2.74. The number of carbonyl (C=O) groups excluding carboxylic acids is 1. The lowest BCUT2D eigenvalue weighted by Gasteiger charge is -2.25. The predicted octanol–water partition coefficient (Wildman–Crippen LogP) is 4.29. The van der Waals surface area contributed by atoms with Gasteiger partial charge in [0.25, 0.3) is 0 Å². The molecule has 3 rings (SSSR count). The Hall–Kier alpha value is -1.05. The van der Waals surface area contributed by atoms with Gasteiger partial charge in [-0.05, 0) is 31.7 Å². The summed E-state index contributed by atoms with van der Waals surface area (Å²) in [6.45, 7) is 0. The Morgan fingerprint density at radius 3 is 2.44 bits per heavy atom. The number of aromatic nitrogens is 1. The fraction of sp³-hybridized carbons (Fsp3) is 0.688. The van der Waals surface area contributed by atoms with Crippen LogP contribution in [0.25, 0.3) is 0 Å². The summed E-state index contributed by atoms with van der Waals surface area (Å²) in [6.07, 6.45) is 14.6. The molecule has 2 heteroatoms. The van der Waals surface area contributed by atoms with Crippen molar-refractivity contribution in [2.24, 2.45) is 0 Å². The largest absolute Gasteiger partial charge is 0.348 e. The lowest BCUT2D eigenvalue weighted by molar-refractivity contribution is 0.0971. The van der Waals surface area contributed by atoms with Crippen LogP contribution in [-0.4, -0.2) is 10.4 Å². The summed E-state index contributed by atoms with van der Waals surface area (Å²) < 4.78 is 2.44. The lowest BCUT2D eigenvalue weighted by atomic mass is 9.94. The highest BCUT2D eigenvalue weighted by atomic mass is 16.1. The Labute approximate surface area is 109 Å². The molecule has 1 saturated carbocycles. The van der Waals surface area contributed by atoms with Crippen LogP contribution in [0.5, 0.6) is 0 Å². The minimum absolute atomic E-state index is 0.362. The van der Waals surface area contributed by atoms with Crippen molar-refractivity contribution >= 4 is 5.78 Å². The maximum absolute atomic E-state index is 11.9. The summed E-state index contributed by atoms with van der Waals surface area (Å²) in [5.74, 6) is 0.362. The van der Waals surface area contributed by atoms with Crippen LogP contribution in [0.1, 0.15) is 79.9 Å². The summed E-state index contributed by atoms with van der Waals surface area (Å²) in [6, 6.07) is 2.72. The topological polar surface area (TPSA) is 22.0 Å². The van der Waals surface area contributed by atoms with Crippen molar-refractivity contribution in [1.29, 1.82) is 0 Å². The van der Waals surface area contributed by atoms with E-state index < -0.39 is 0 Å². The summed E-state index contributed by atoms with van der Waals surface area (Å²) in [5, 5.41) is 0. The van der Waals surface area contributed by atoms with Crippen LogP contribution in [0, 0.1) is 0 Å². The molecular formula is C16H23NO. The molecule has 0 aromatic carbocycles. The van der Waals surface area contributed by atoms with Gasteiger partial charge in [0, 0.05) is 29.9 Å². The van der Waals surface area contributed by atoms with Gasteiger partial charge in [-0.25, -0.2) is 0 Å². The third kappa shape index (κ3) is 2.25. The number of hydrogen-bond donors (Lipinski definition) is 0. The van der Waals surface area contributed by atoms with E-state index in [1.165, 1.54) is 50.6 Å². The zero-order valence-corrected chi connectivity index (χ0v) is 11.2. The number of fused-ring (bicyclic) bond motifs is 1. The number of carbonyl (C=O) groups is 1. The van der Waals surface area contributed by atoms with E-state index >= 15 is 0 Å². The van der Waals surface area contributed by atoms with Gasteiger partial charge in [-0.1, -0.05) is 32.1 Å². The summed E-state index contributed by atoms with van der Waals surface area (Å²) in [4.78, 5) is 11.9. The Morgan fingerprint density at radius 2 is 1.67 bits per heavy atom. The number of ketones is 1. The quantitative estimate of drug-likeness (QED) is 0.723. The van der Waals surface area contributed by atoms with E-state index in [0.29, 0.717) is 11.8 Å². The Balaban J connectivity index is 1.84. The molecule has 2 aliphatic carbocycles. The average molecular weight is 245 g/mol. The van der Waals surface area contributed by atoms with Crippen LogP contribution in [0.2, 0.25) is 0 Å². The third-order valence-corrected chi connectivity index (χ3v) is 4.61. The van der Waals surface area contributed by atoms with E-state index in [-0.39, 0.29) is 0 Å². The molecule has 98 valence electrons. The molecule has 2 nitrogen and oxygen atoms in total. The zero-order valence-electron chi connectivity index (χ0n) is 11.2. The van der Waals surface area contributed by atoms with Crippen LogP contribution in [0.15, 0.2) is 12.3 Å². The van der Waals surface area contributed by atoms with Gasteiger partial charge in [0.1, 0.15) is 0 Å². The van der Waals surface area contributed by atoms with E-state index in [2.05, 4.69) is 16.8 Å². The van der Waals surface area contributed by atoms with Crippen LogP contribution in [0.4, 0.5) is 0 Å². The van der Waals surface area contributed by atoms with Gasteiger partial charge in [0.05, 0.1) is 0 Å². The van der Waals surface area contributed by atoms with Gasteiger partial charge >= 0.3 is 0 Å². The highest BCUT2D eigenvalue weighted by Gasteiger charge is 2.23. The highest BCUT2D eigenvalue weighted by Crippen LogP contribution is 2.31. The van der Waals surface area contributed by atoms with Crippen molar-refractivity contribution in [1.82, 2.24) is 4.57 Å². The van der Waals surface area contributed by atoms with Crippen molar-refractivity contribution in [3.8, 4) is 0 Å². The van der Waals surface area contributed by atoms with Gasteiger partial charge in [-0.3, -0.25) is 4.79 Å². The van der Waals surface area contributed by atoms with Crippen LogP contribution in [0.3, 0.4) is 0 Å². The SMILES string of the molecule is O=C1CCCc2c1ccn2C1CCCCCCC1. The first-order valence-electron chi connectivity index (χ1n) is 7.59. The molecule has 0 amide bonds. The molecular weight excluding hydrogens is 222 g/mol. The smallest absolute Gasteiger partial charge is 0.164 e. The van der Waals surface area contributed by atoms with Gasteiger partial charge in [0.15, 0.2) is 5.78 Å². The van der Waals surface area contributed by atoms with Gasteiger partial charge in [0.2, 0.25) is 0 Å². The summed E-state index contributed by atoms with van der Waals surface area (Å²) >= 11 is 0. The molecule has 0 N–H and O–H groups in total. The van der Waals surface area contributed by atoms with Crippen molar-refractivity contribution in [3.05, 3.63) is 23.5 Å². The zero-order chi connectivity index (χ0) is 12.4. The third-order valence-electron chi connectivity index (χ3n) is 4.61. The Kier molecular flexibility index (Phi) is 3.53. The molecule has 1 aromatic heterocycles. The van der Waals surface area contributed by atoms with Crippen molar-refractivity contribution < 1.29 is 4.79 Å². The molecule has 0 atom stereocenters. The van der Waals surface area contributed by atoms with E-state index in [1.807, 2.05) is 0 Å². The number of hydrogen-bond acceptors (Lipinski definition) is 1. The molecule has 1 fully saturated rings. The first kappa shape index (κ1) is 12.0. The maximum Gasteiger partial charge on any atom is 0.164 e. The Morgan fingerprint density at radius 1 is 0.944 bits per heavy atom. The van der Waals surface area contributed by atoms with Crippen molar-refractivity contribution in [2.45, 2.75) is 70.3 Å². The fourth-order valence-corrected chi connectivity index (χ4v) is 3.60. The van der Waals surface area contributed by atoms with E-state index in [9.17, 15) is 4.79 Å². The monoisotopic (exact) mass is 245 g/mol. The predicted molar refractivity (Wildman–Crippen MR) is 73.1 cm³/mol. The minimum atomic E-state index is 0.362.